The third-order valence-electron chi connectivity index (χ3n) is 5.49. The first-order valence-corrected chi connectivity index (χ1v) is 11.2. The molecule has 30 heavy (non-hydrogen) atoms. The molecule has 0 aliphatic carbocycles. The summed E-state index contributed by atoms with van der Waals surface area (Å²) in [4.78, 5) is 0. The van der Waals surface area contributed by atoms with Crippen LogP contribution in [-0.2, 0) is 11.8 Å². The Morgan fingerprint density at radius 1 is 0.567 bits per heavy atom. The highest BCUT2D eigenvalue weighted by Gasteiger charge is 2.16. The van der Waals surface area contributed by atoms with Gasteiger partial charge in [0.25, 0.3) is 0 Å². The van der Waals surface area contributed by atoms with E-state index in [0.717, 1.165) is 28.5 Å². The van der Waals surface area contributed by atoms with Crippen LogP contribution in [0.3, 0.4) is 0 Å². The molecule has 0 spiro atoms. The quantitative estimate of drug-likeness (QED) is 0.244. The average molecular weight is 453 g/mol. The molecule has 5 rings (SSSR count). The van der Waals surface area contributed by atoms with Gasteiger partial charge in [0.05, 0.1) is 0 Å². The number of hydrogen-bond donors (Lipinski definition) is 0. The minimum atomic E-state index is 0.778. The van der Waals surface area contributed by atoms with Crippen molar-refractivity contribution in [2.24, 2.45) is 0 Å². The molecule has 0 unspecified atom stereocenters. The average Bonchev–Trinajstić information content (AvgIpc) is 3.17. The third-order valence-corrected chi connectivity index (χ3v) is 6.14. The van der Waals surface area contributed by atoms with Crippen LogP contribution < -0.4 is 0 Å². The summed E-state index contributed by atoms with van der Waals surface area (Å²) in [5, 5.41) is 2.04. The molecule has 0 radical (unpaired) electrons. The monoisotopic (exact) mass is 452 g/mol. The highest BCUT2D eigenvalue weighted by molar-refractivity contribution is 9.08. The fraction of sp³-hybridized carbons (Fsp3) is 0.0714. The Labute approximate surface area is 185 Å². The molecule has 4 aromatic carbocycles. The normalized spacial score (nSPS) is 11.1. The molecule has 0 saturated carbocycles. The predicted octanol–water partition coefficient (Wildman–Crippen LogP) is 8.25. The van der Waals surface area contributed by atoms with Crippen molar-refractivity contribution in [1.82, 2.24) is 0 Å². The lowest BCUT2D eigenvalue weighted by Crippen LogP contribution is -1.89. The largest absolute Gasteiger partial charge is 0.460 e. The van der Waals surface area contributed by atoms with Gasteiger partial charge in [-0.05, 0) is 33.9 Å². The lowest BCUT2D eigenvalue weighted by molar-refractivity contribution is 0.564. The van der Waals surface area contributed by atoms with E-state index in [1.807, 2.05) is 18.2 Å². The first-order chi connectivity index (χ1) is 14.8. The van der Waals surface area contributed by atoms with Gasteiger partial charge in [-0.25, -0.2) is 0 Å². The van der Waals surface area contributed by atoms with Gasteiger partial charge >= 0.3 is 0 Å². The van der Waals surface area contributed by atoms with E-state index in [1.54, 1.807) is 0 Å². The maximum Gasteiger partial charge on any atom is 0.134 e. The highest BCUT2D eigenvalue weighted by atomic mass is 79.9. The van der Waals surface area contributed by atoms with Crippen molar-refractivity contribution in [3.63, 3.8) is 0 Å². The molecule has 0 fully saturated rings. The van der Waals surface area contributed by atoms with Gasteiger partial charge in [0.2, 0.25) is 0 Å². The van der Waals surface area contributed by atoms with Crippen molar-refractivity contribution in [3.8, 4) is 22.3 Å². The van der Waals surface area contributed by atoms with Crippen molar-refractivity contribution in [2.45, 2.75) is 11.8 Å². The van der Waals surface area contributed by atoms with E-state index in [4.69, 9.17) is 4.42 Å². The van der Waals surface area contributed by atoms with Crippen molar-refractivity contribution < 1.29 is 4.42 Å². The number of furan rings is 1. The van der Waals surface area contributed by atoms with Gasteiger partial charge in [-0.15, -0.1) is 0 Å². The molecule has 0 bridgehead atoms. The third kappa shape index (κ3) is 3.71. The van der Waals surface area contributed by atoms with Crippen LogP contribution >= 0.6 is 15.9 Å². The Hall–Kier alpha value is -3.10. The molecule has 5 aromatic rings. The number of rotatable bonds is 5. The molecule has 2 heteroatoms. The highest BCUT2D eigenvalue weighted by Crippen LogP contribution is 2.37. The maximum absolute atomic E-state index is 6.29. The summed E-state index contributed by atoms with van der Waals surface area (Å²) in [5.74, 6) is 1.01. The number of para-hydroxylation sites is 1. The molecular formula is C28H21BrO. The first-order valence-electron chi connectivity index (χ1n) is 10.1. The Balaban J connectivity index is 1.55. The van der Waals surface area contributed by atoms with E-state index in [0.29, 0.717) is 0 Å². The van der Waals surface area contributed by atoms with E-state index in [9.17, 15) is 0 Å². The zero-order valence-corrected chi connectivity index (χ0v) is 18.1. The summed E-state index contributed by atoms with van der Waals surface area (Å²) < 4.78 is 6.29. The molecule has 0 N–H and O–H groups in total. The molecule has 0 aliphatic rings. The lowest BCUT2D eigenvalue weighted by atomic mass is 9.96. The summed E-state index contributed by atoms with van der Waals surface area (Å²) in [7, 11) is 0. The Morgan fingerprint density at radius 2 is 1.17 bits per heavy atom. The zero-order chi connectivity index (χ0) is 20.3. The summed E-state index contributed by atoms with van der Waals surface area (Å²) in [6.45, 7) is 0. The van der Waals surface area contributed by atoms with Crippen LogP contribution in [0.4, 0.5) is 0 Å². The Morgan fingerprint density at radius 3 is 1.87 bits per heavy atom. The van der Waals surface area contributed by atoms with Crippen LogP contribution in [0.15, 0.2) is 108 Å². The number of fused-ring (bicyclic) bond motifs is 1. The Kier molecular flexibility index (Phi) is 5.25. The van der Waals surface area contributed by atoms with E-state index in [2.05, 4.69) is 101 Å². The molecule has 1 heterocycles. The molecule has 1 nitrogen and oxygen atoms in total. The molecular weight excluding hydrogens is 432 g/mol. The van der Waals surface area contributed by atoms with Gasteiger partial charge in [0, 0.05) is 22.7 Å². The van der Waals surface area contributed by atoms with Gasteiger partial charge in [-0.1, -0.05) is 113 Å². The second-order valence-corrected chi connectivity index (χ2v) is 8.03. The topological polar surface area (TPSA) is 13.1 Å². The van der Waals surface area contributed by atoms with Crippen molar-refractivity contribution in [2.75, 3.05) is 0 Å². The second-order valence-electron chi connectivity index (χ2n) is 7.47. The van der Waals surface area contributed by atoms with E-state index in [1.165, 1.54) is 33.4 Å². The summed E-state index contributed by atoms with van der Waals surface area (Å²) in [5.41, 5.74) is 8.30. The van der Waals surface area contributed by atoms with Crippen LogP contribution in [0, 0.1) is 0 Å². The second kappa shape index (κ2) is 8.33. The van der Waals surface area contributed by atoms with Crippen LogP contribution in [0.5, 0.6) is 0 Å². The molecule has 0 amide bonds. The van der Waals surface area contributed by atoms with Gasteiger partial charge in [0.1, 0.15) is 11.3 Å². The van der Waals surface area contributed by atoms with Gasteiger partial charge < -0.3 is 4.42 Å². The lowest BCUT2D eigenvalue weighted by Gasteiger charge is -2.07. The number of halogens is 1. The van der Waals surface area contributed by atoms with Crippen LogP contribution in [0.25, 0.3) is 33.2 Å². The molecule has 0 saturated heterocycles. The number of alkyl halides is 1. The van der Waals surface area contributed by atoms with Crippen LogP contribution in [-0.4, -0.2) is 0 Å². The molecule has 0 atom stereocenters. The Bertz CT molecular complexity index is 1270. The molecule has 146 valence electrons. The van der Waals surface area contributed by atoms with Crippen molar-refractivity contribution >= 4 is 26.9 Å². The first kappa shape index (κ1) is 18.9. The van der Waals surface area contributed by atoms with Crippen molar-refractivity contribution in [1.29, 1.82) is 0 Å². The SMILES string of the molecule is BrCc1ccc(-c2ccc(-c3c(Cc4ccccc4)oc4ccccc34)cc2)cc1. The van der Waals surface area contributed by atoms with E-state index >= 15 is 0 Å². The zero-order valence-electron chi connectivity index (χ0n) is 16.5. The van der Waals surface area contributed by atoms with Crippen molar-refractivity contribution in [3.05, 3.63) is 120 Å². The molecule has 1 aromatic heterocycles. The minimum absolute atomic E-state index is 0.778. The summed E-state index contributed by atoms with van der Waals surface area (Å²) in [6, 6.07) is 36.3. The standard InChI is InChI=1S/C28H21BrO/c29-19-21-10-12-22(13-11-21)23-14-16-24(17-15-23)28-25-8-4-5-9-26(25)30-27(28)18-20-6-2-1-3-7-20/h1-17H,18-19H2. The fourth-order valence-electron chi connectivity index (χ4n) is 3.93. The van der Waals surface area contributed by atoms with Gasteiger partial charge in [0.15, 0.2) is 0 Å². The number of hydrogen-bond acceptors (Lipinski definition) is 1. The predicted molar refractivity (Wildman–Crippen MR) is 129 cm³/mol. The van der Waals surface area contributed by atoms with Crippen LogP contribution in [0.1, 0.15) is 16.9 Å². The summed E-state index contributed by atoms with van der Waals surface area (Å²) in [6.07, 6.45) is 0.778. The molecule has 0 aliphatic heterocycles. The van der Waals surface area contributed by atoms with Gasteiger partial charge in [-0.3, -0.25) is 0 Å². The minimum Gasteiger partial charge on any atom is -0.460 e. The number of benzene rings is 4. The smallest absolute Gasteiger partial charge is 0.134 e. The maximum atomic E-state index is 6.29. The van der Waals surface area contributed by atoms with E-state index in [-0.39, 0.29) is 0 Å². The van der Waals surface area contributed by atoms with E-state index < -0.39 is 0 Å². The van der Waals surface area contributed by atoms with Crippen LogP contribution in [0.2, 0.25) is 0 Å². The summed E-state index contributed by atoms with van der Waals surface area (Å²) >= 11 is 3.51. The fourth-order valence-corrected chi connectivity index (χ4v) is 4.31. The van der Waals surface area contributed by atoms with Gasteiger partial charge in [-0.2, -0.15) is 0 Å².